The van der Waals surface area contributed by atoms with Crippen LogP contribution >= 0.6 is 0 Å². The lowest BCUT2D eigenvalue weighted by Gasteiger charge is -2.30. The molecule has 1 saturated heterocycles. The molecule has 0 unspecified atom stereocenters. The van der Waals surface area contributed by atoms with E-state index in [0.717, 1.165) is 25.3 Å². The summed E-state index contributed by atoms with van der Waals surface area (Å²) in [5.41, 5.74) is 8.54. The van der Waals surface area contributed by atoms with E-state index in [0.29, 0.717) is 6.04 Å². The molecule has 0 aromatic heterocycles. The molecule has 17 heavy (non-hydrogen) atoms. The molecule has 1 aliphatic heterocycles. The van der Waals surface area contributed by atoms with Crippen molar-refractivity contribution in [2.45, 2.75) is 32.4 Å². The van der Waals surface area contributed by atoms with E-state index >= 15 is 0 Å². The van der Waals surface area contributed by atoms with Crippen molar-refractivity contribution < 1.29 is 4.74 Å². The first-order valence-electron chi connectivity index (χ1n) is 6.30. The average molecular weight is 234 g/mol. The second-order valence-corrected chi connectivity index (χ2v) is 4.94. The molecule has 1 heterocycles. The van der Waals surface area contributed by atoms with Crippen LogP contribution in [0.3, 0.4) is 0 Å². The topological polar surface area (TPSA) is 38.5 Å². The van der Waals surface area contributed by atoms with E-state index < -0.39 is 0 Å². The molecule has 94 valence electrons. The third-order valence-corrected chi connectivity index (χ3v) is 3.41. The molecular weight excluding hydrogens is 212 g/mol. The Hall–Kier alpha value is -1.06. The van der Waals surface area contributed by atoms with Gasteiger partial charge >= 0.3 is 0 Å². The lowest BCUT2D eigenvalue weighted by Crippen LogP contribution is -2.42. The molecule has 1 aromatic rings. The normalized spacial score (nSPS) is 21.5. The molecule has 0 spiro atoms. The molecule has 3 nitrogen and oxygen atoms in total. The van der Waals surface area contributed by atoms with Gasteiger partial charge in [0.2, 0.25) is 0 Å². The van der Waals surface area contributed by atoms with E-state index in [1.165, 1.54) is 24.1 Å². The fraction of sp³-hybridized carbons (Fsp3) is 0.571. The summed E-state index contributed by atoms with van der Waals surface area (Å²) in [6.45, 7) is 5.27. The highest BCUT2D eigenvalue weighted by Gasteiger charge is 2.16. The third kappa shape index (κ3) is 3.20. The van der Waals surface area contributed by atoms with Crippen molar-refractivity contribution in [3.8, 4) is 5.75 Å². The molecule has 1 atom stereocenters. The average Bonchev–Trinajstić information content (AvgIpc) is 2.29. The number of aryl methyl sites for hydroxylation is 1. The summed E-state index contributed by atoms with van der Waals surface area (Å²) in [6, 6.07) is 6.75. The third-order valence-electron chi connectivity index (χ3n) is 3.41. The molecule has 2 rings (SSSR count). The molecule has 1 aromatic carbocycles. The molecule has 2 N–H and O–H groups in total. The van der Waals surface area contributed by atoms with Crippen LogP contribution in [0.5, 0.6) is 5.75 Å². The Morgan fingerprint density at radius 1 is 1.47 bits per heavy atom. The Balaban J connectivity index is 2.00. The minimum Gasteiger partial charge on any atom is -0.496 e. The fourth-order valence-corrected chi connectivity index (χ4v) is 2.53. The zero-order chi connectivity index (χ0) is 12.3. The molecule has 3 heteroatoms. The van der Waals surface area contributed by atoms with Gasteiger partial charge in [0.05, 0.1) is 7.11 Å². The van der Waals surface area contributed by atoms with Crippen molar-refractivity contribution in [3.63, 3.8) is 0 Å². The van der Waals surface area contributed by atoms with Gasteiger partial charge in [0.1, 0.15) is 5.75 Å². The summed E-state index contributed by atoms with van der Waals surface area (Å²) in [5, 5.41) is 0. The van der Waals surface area contributed by atoms with Crippen LogP contribution in [-0.2, 0) is 6.54 Å². The van der Waals surface area contributed by atoms with Crippen molar-refractivity contribution >= 4 is 0 Å². The number of hydrogen-bond acceptors (Lipinski definition) is 3. The predicted octanol–water partition coefficient (Wildman–Crippen LogP) is 1.93. The van der Waals surface area contributed by atoms with Crippen LogP contribution in [0.1, 0.15) is 24.0 Å². The lowest BCUT2D eigenvalue weighted by atomic mass is 10.0. The lowest BCUT2D eigenvalue weighted by molar-refractivity contribution is 0.201. The molecule has 0 bridgehead atoms. The minimum absolute atomic E-state index is 0.350. The van der Waals surface area contributed by atoms with Gasteiger partial charge in [-0.3, -0.25) is 4.90 Å². The maximum absolute atomic E-state index is 5.99. The second-order valence-electron chi connectivity index (χ2n) is 4.94. The van der Waals surface area contributed by atoms with E-state index in [2.05, 4.69) is 30.0 Å². The Morgan fingerprint density at radius 2 is 2.29 bits per heavy atom. The van der Waals surface area contributed by atoms with Gasteiger partial charge in [-0.2, -0.15) is 0 Å². The first-order chi connectivity index (χ1) is 8.19. The van der Waals surface area contributed by atoms with Gasteiger partial charge in [0, 0.05) is 19.1 Å². The first kappa shape index (κ1) is 12.4. The SMILES string of the molecule is COc1ccc(CN2CCC[C@H](N)C2)cc1C. The zero-order valence-electron chi connectivity index (χ0n) is 10.8. The van der Waals surface area contributed by atoms with Gasteiger partial charge < -0.3 is 10.5 Å². The summed E-state index contributed by atoms with van der Waals surface area (Å²) >= 11 is 0. The van der Waals surface area contributed by atoms with Crippen molar-refractivity contribution in [3.05, 3.63) is 29.3 Å². The Morgan fingerprint density at radius 3 is 2.94 bits per heavy atom. The van der Waals surface area contributed by atoms with E-state index in [9.17, 15) is 0 Å². The van der Waals surface area contributed by atoms with E-state index in [4.69, 9.17) is 10.5 Å². The number of nitrogens with zero attached hydrogens (tertiary/aromatic N) is 1. The summed E-state index contributed by atoms with van der Waals surface area (Å²) in [6.07, 6.45) is 2.38. The summed E-state index contributed by atoms with van der Waals surface area (Å²) in [7, 11) is 1.71. The fourth-order valence-electron chi connectivity index (χ4n) is 2.53. The minimum atomic E-state index is 0.350. The molecule has 1 aliphatic rings. The van der Waals surface area contributed by atoms with Gasteiger partial charge in [0.25, 0.3) is 0 Å². The highest BCUT2D eigenvalue weighted by Crippen LogP contribution is 2.20. The van der Waals surface area contributed by atoms with Gasteiger partial charge in [-0.15, -0.1) is 0 Å². The Labute approximate surface area is 104 Å². The number of likely N-dealkylation sites (tertiary alicyclic amines) is 1. The summed E-state index contributed by atoms with van der Waals surface area (Å²) in [4.78, 5) is 2.44. The quantitative estimate of drug-likeness (QED) is 0.868. The second kappa shape index (κ2) is 5.52. The maximum atomic E-state index is 5.99. The van der Waals surface area contributed by atoms with Crippen molar-refractivity contribution in [1.82, 2.24) is 4.90 Å². The maximum Gasteiger partial charge on any atom is 0.121 e. The first-order valence-corrected chi connectivity index (χ1v) is 6.30. The number of rotatable bonds is 3. The number of benzene rings is 1. The molecular formula is C14H22N2O. The zero-order valence-corrected chi connectivity index (χ0v) is 10.8. The largest absolute Gasteiger partial charge is 0.496 e. The molecule has 0 aliphatic carbocycles. The number of hydrogen-bond donors (Lipinski definition) is 1. The van der Waals surface area contributed by atoms with Crippen LogP contribution in [0.25, 0.3) is 0 Å². The highest BCUT2D eigenvalue weighted by molar-refractivity contribution is 5.36. The summed E-state index contributed by atoms with van der Waals surface area (Å²) in [5.74, 6) is 0.962. The van der Waals surface area contributed by atoms with E-state index in [1.807, 2.05) is 0 Å². The van der Waals surface area contributed by atoms with Crippen LogP contribution in [0.2, 0.25) is 0 Å². The Kier molecular flexibility index (Phi) is 4.02. The molecule has 0 saturated carbocycles. The van der Waals surface area contributed by atoms with Crippen molar-refractivity contribution in [2.24, 2.45) is 5.73 Å². The van der Waals surface area contributed by atoms with Crippen LogP contribution in [0.4, 0.5) is 0 Å². The van der Waals surface area contributed by atoms with Crippen molar-refractivity contribution in [2.75, 3.05) is 20.2 Å². The van der Waals surface area contributed by atoms with Crippen LogP contribution in [0, 0.1) is 6.92 Å². The van der Waals surface area contributed by atoms with Crippen LogP contribution in [0.15, 0.2) is 18.2 Å². The molecule has 0 amide bonds. The number of piperidine rings is 1. The number of methoxy groups -OCH3 is 1. The Bertz CT molecular complexity index is 378. The van der Waals surface area contributed by atoms with Gasteiger partial charge in [-0.25, -0.2) is 0 Å². The van der Waals surface area contributed by atoms with Crippen LogP contribution in [-0.4, -0.2) is 31.1 Å². The van der Waals surface area contributed by atoms with Gasteiger partial charge in [-0.05, 0) is 43.5 Å². The number of nitrogens with two attached hydrogens (primary N) is 1. The standard InChI is InChI=1S/C14H22N2O/c1-11-8-12(5-6-14(11)17-2)9-16-7-3-4-13(15)10-16/h5-6,8,13H,3-4,7,9-10,15H2,1-2H3/t13-/m0/s1. The molecule has 1 fully saturated rings. The van der Waals surface area contributed by atoms with Gasteiger partial charge in [0.15, 0.2) is 0 Å². The predicted molar refractivity (Wildman–Crippen MR) is 70.2 cm³/mol. The summed E-state index contributed by atoms with van der Waals surface area (Å²) < 4.78 is 5.27. The van der Waals surface area contributed by atoms with Gasteiger partial charge in [-0.1, -0.05) is 12.1 Å². The highest BCUT2D eigenvalue weighted by atomic mass is 16.5. The smallest absolute Gasteiger partial charge is 0.121 e. The van der Waals surface area contributed by atoms with Crippen LogP contribution < -0.4 is 10.5 Å². The van der Waals surface area contributed by atoms with Crippen molar-refractivity contribution in [1.29, 1.82) is 0 Å². The van der Waals surface area contributed by atoms with E-state index in [-0.39, 0.29) is 0 Å². The molecule has 0 radical (unpaired) electrons. The monoisotopic (exact) mass is 234 g/mol. The number of ether oxygens (including phenoxy) is 1. The van der Waals surface area contributed by atoms with E-state index in [1.54, 1.807) is 7.11 Å².